The molecule has 0 bridgehead atoms. The Kier molecular flexibility index (Phi) is 3.18. The molecule has 1 N–H and O–H groups in total. The number of benzene rings is 1. The Hall–Kier alpha value is -1.93. The van der Waals surface area contributed by atoms with Crippen molar-refractivity contribution in [1.29, 1.82) is 0 Å². The van der Waals surface area contributed by atoms with Crippen LogP contribution in [-0.4, -0.2) is 37.0 Å². The van der Waals surface area contributed by atoms with Crippen LogP contribution in [0, 0.1) is 0 Å². The molecule has 0 saturated heterocycles. The van der Waals surface area contributed by atoms with Crippen molar-refractivity contribution in [2.24, 2.45) is 0 Å². The molecule has 3 rings (SSSR count). The van der Waals surface area contributed by atoms with Gasteiger partial charge in [0, 0.05) is 0 Å². The molecule has 19 heavy (non-hydrogen) atoms. The van der Waals surface area contributed by atoms with Gasteiger partial charge in [-0.05, 0) is 33.7 Å². The van der Waals surface area contributed by atoms with Crippen LogP contribution in [0.2, 0.25) is 0 Å². The van der Waals surface area contributed by atoms with E-state index < -0.39 is 5.97 Å². The predicted octanol–water partition coefficient (Wildman–Crippen LogP) is 0.869. The van der Waals surface area contributed by atoms with Gasteiger partial charge in [-0.3, -0.25) is 4.79 Å². The topological polar surface area (TPSA) is 90.1 Å². The van der Waals surface area contributed by atoms with E-state index in [0.717, 1.165) is 28.6 Å². The molecule has 0 radical (unpaired) electrons. The number of hydrogen-bond donors (Lipinski definition) is 1. The molecule has 1 aliphatic heterocycles. The monoisotopic (exact) mass is 278 g/mol. The van der Waals surface area contributed by atoms with Gasteiger partial charge in [-0.2, -0.15) is 4.68 Å². The number of fused-ring (bicyclic) bond motifs is 1. The molecule has 1 aliphatic rings. The minimum atomic E-state index is -0.901. The Morgan fingerprint density at radius 1 is 1.42 bits per heavy atom. The lowest BCUT2D eigenvalue weighted by molar-refractivity contribution is -0.133. The van der Waals surface area contributed by atoms with E-state index >= 15 is 0 Å². The highest BCUT2D eigenvalue weighted by Crippen LogP contribution is 2.24. The maximum atomic E-state index is 10.6. The molecule has 0 atom stereocenters. The molecule has 0 amide bonds. The summed E-state index contributed by atoms with van der Waals surface area (Å²) >= 11 is 1.09. The third kappa shape index (κ3) is 2.45. The number of nitrogens with zero attached hydrogens (tertiary/aromatic N) is 4. The van der Waals surface area contributed by atoms with Gasteiger partial charge in [-0.15, -0.1) is 5.10 Å². The molecule has 2 heterocycles. The van der Waals surface area contributed by atoms with Crippen LogP contribution in [0.5, 0.6) is 0 Å². The zero-order chi connectivity index (χ0) is 13.2. The van der Waals surface area contributed by atoms with Gasteiger partial charge in [0.05, 0.1) is 24.7 Å². The Labute approximate surface area is 112 Å². The second-order valence-corrected chi connectivity index (χ2v) is 4.94. The summed E-state index contributed by atoms with van der Waals surface area (Å²) in [6, 6.07) is 5.84. The van der Waals surface area contributed by atoms with E-state index in [2.05, 4.69) is 15.5 Å². The predicted molar refractivity (Wildman–Crippen MR) is 66.0 cm³/mol. The summed E-state index contributed by atoms with van der Waals surface area (Å²) < 4.78 is 6.89. The first-order valence-corrected chi connectivity index (χ1v) is 6.55. The van der Waals surface area contributed by atoms with E-state index in [4.69, 9.17) is 9.84 Å². The van der Waals surface area contributed by atoms with Crippen molar-refractivity contribution in [3.63, 3.8) is 0 Å². The van der Waals surface area contributed by atoms with Crippen molar-refractivity contribution in [3.8, 4) is 5.69 Å². The van der Waals surface area contributed by atoms with Gasteiger partial charge < -0.3 is 9.84 Å². The van der Waals surface area contributed by atoms with Crippen LogP contribution < -0.4 is 0 Å². The number of aliphatic carboxylic acids is 1. The van der Waals surface area contributed by atoms with E-state index in [-0.39, 0.29) is 5.75 Å². The van der Waals surface area contributed by atoms with Gasteiger partial charge in [-0.1, -0.05) is 17.8 Å². The smallest absolute Gasteiger partial charge is 0.313 e. The third-order valence-corrected chi connectivity index (χ3v) is 3.62. The minimum Gasteiger partial charge on any atom is -0.481 e. The van der Waals surface area contributed by atoms with Gasteiger partial charge in [0.1, 0.15) is 0 Å². The van der Waals surface area contributed by atoms with Crippen LogP contribution in [0.25, 0.3) is 5.69 Å². The summed E-state index contributed by atoms with van der Waals surface area (Å²) in [7, 11) is 0. The Balaban J connectivity index is 1.90. The van der Waals surface area contributed by atoms with Gasteiger partial charge >= 0.3 is 5.97 Å². The lowest BCUT2D eigenvalue weighted by Crippen LogP contribution is -2.03. The van der Waals surface area contributed by atoms with Crippen molar-refractivity contribution in [2.75, 3.05) is 5.75 Å². The number of aromatic nitrogens is 4. The molecule has 0 aliphatic carbocycles. The fourth-order valence-corrected chi connectivity index (χ4v) is 2.46. The normalized spacial score (nSPS) is 13.5. The molecule has 1 aromatic carbocycles. The highest BCUT2D eigenvalue weighted by Gasteiger charge is 2.15. The maximum absolute atomic E-state index is 10.6. The molecule has 0 fully saturated rings. The fraction of sp³-hybridized carbons (Fsp3) is 0.273. The maximum Gasteiger partial charge on any atom is 0.313 e. The van der Waals surface area contributed by atoms with E-state index in [1.54, 1.807) is 0 Å². The number of hydrogen-bond acceptors (Lipinski definition) is 6. The van der Waals surface area contributed by atoms with Crippen LogP contribution in [0.1, 0.15) is 11.1 Å². The minimum absolute atomic E-state index is 0.0750. The SMILES string of the molecule is O=C(O)CSc1nnnn1-c1ccc2c(c1)COC2. The summed E-state index contributed by atoms with van der Waals surface area (Å²) in [5.41, 5.74) is 3.08. The summed E-state index contributed by atoms with van der Waals surface area (Å²) in [6.45, 7) is 1.22. The number of carbonyl (C=O) groups is 1. The first-order chi connectivity index (χ1) is 9.24. The fourth-order valence-electron chi connectivity index (χ4n) is 1.85. The van der Waals surface area contributed by atoms with E-state index in [1.165, 1.54) is 4.68 Å². The molecule has 0 saturated carbocycles. The largest absolute Gasteiger partial charge is 0.481 e. The number of ether oxygens (including phenoxy) is 1. The van der Waals surface area contributed by atoms with Gasteiger partial charge in [-0.25, -0.2) is 0 Å². The molecule has 98 valence electrons. The average molecular weight is 278 g/mol. The number of rotatable bonds is 4. The standard InChI is InChI=1S/C11H10N4O3S/c16-10(17)6-19-11-12-13-14-15(11)9-2-1-7-4-18-5-8(7)3-9/h1-3H,4-6H2,(H,16,17). The lowest BCUT2D eigenvalue weighted by Gasteiger charge is -2.05. The zero-order valence-electron chi connectivity index (χ0n) is 9.81. The second-order valence-electron chi connectivity index (χ2n) is 4.00. The van der Waals surface area contributed by atoms with Gasteiger partial charge in [0.2, 0.25) is 5.16 Å². The van der Waals surface area contributed by atoms with Crippen molar-refractivity contribution in [2.45, 2.75) is 18.4 Å². The van der Waals surface area contributed by atoms with Crippen LogP contribution in [0.15, 0.2) is 23.4 Å². The number of tetrazole rings is 1. The third-order valence-electron chi connectivity index (χ3n) is 2.72. The first-order valence-electron chi connectivity index (χ1n) is 5.57. The Morgan fingerprint density at radius 3 is 3.11 bits per heavy atom. The molecule has 7 nitrogen and oxygen atoms in total. The van der Waals surface area contributed by atoms with Crippen LogP contribution in [0.4, 0.5) is 0 Å². The molecule has 0 unspecified atom stereocenters. The second kappa shape index (κ2) is 4.98. The Morgan fingerprint density at radius 2 is 2.26 bits per heavy atom. The Bertz CT molecular complexity index is 628. The van der Waals surface area contributed by atoms with E-state index in [1.807, 2.05) is 18.2 Å². The number of carboxylic acid groups (broad SMARTS) is 1. The molecular weight excluding hydrogens is 268 g/mol. The molecule has 1 aromatic heterocycles. The molecule has 0 spiro atoms. The van der Waals surface area contributed by atoms with Gasteiger partial charge in [0.15, 0.2) is 0 Å². The quantitative estimate of drug-likeness (QED) is 0.830. The van der Waals surface area contributed by atoms with Crippen molar-refractivity contribution in [3.05, 3.63) is 29.3 Å². The van der Waals surface area contributed by atoms with E-state index in [0.29, 0.717) is 18.4 Å². The van der Waals surface area contributed by atoms with Gasteiger partial charge in [0.25, 0.3) is 0 Å². The highest BCUT2D eigenvalue weighted by molar-refractivity contribution is 7.99. The summed E-state index contributed by atoms with van der Waals surface area (Å²) in [5.74, 6) is -0.976. The van der Waals surface area contributed by atoms with Crippen molar-refractivity contribution in [1.82, 2.24) is 20.2 Å². The van der Waals surface area contributed by atoms with Crippen LogP contribution >= 0.6 is 11.8 Å². The van der Waals surface area contributed by atoms with Crippen molar-refractivity contribution >= 4 is 17.7 Å². The number of carboxylic acids is 1. The van der Waals surface area contributed by atoms with Crippen LogP contribution in [0.3, 0.4) is 0 Å². The summed E-state index contributed by atoms with van der Waals surface area (Å²) in [4.78, 5) is 10.6. The summed E-state index contributed by atoms with van der Waals surface area (Å²) in [5, 5.41) is 20.5. The van der Waals surface area contributed by atoms with E-state index in [9.17, 15) is 4.79 Å². The number of thioether (sulfide) groups is 1. The summed E-state index contributed by atoms with van der Waals surface area (Å²) in [6.07, 6.45) is 0. The first kappa shape index (κ1) is 12.1. The molecule has 8 heteroatoms. The lowest BCUT2D eigenvalue weighted by atomic mass is 10.1. The molecular formula is C11H10N4O3S. The zero-order valence-corrected chi connectivity index (χ0v) is 10.6. The highest BCUT2D eigenvalue weighted by atomic mass is 32.2. The molecule has 2 aromatic rings. The van der Waals surface area contributed by atoms with Crippen LogP contribution in [-0.2, 0) is 22.7 Å². The average Bonchev–Trinajstić information content (AvgIpc) is 3.04. The van der Waals surface area contributed by atoms with Crippen molar-refractivity contribution < 1.29 is 14.6 Å².